The molecule has 9 heteroatoms. The Hall–Kier alpha value is -3.30. The molecule has 1 N–H and O–H groups in total. The number of carbonyl (C=O) groups excluding carboxylic acids is 1. The van der Waals surface area contributed by atoms with Gasteiger partial charge >= 0.3 is 0 Å². The van der Waals surface area contributed by atoms with Crippen molar-refractivity contribution in [1.82, 2.24) is 30.1 Å². The van der Waals surface area contributed by atoms with Crippen molar-refractivity contribution in [3.63, 3.8) is 0 Å². The van der Waals surface area contributed by atoms with Crippen LogP contribution >= 0.6 is 11.8 Å². The van der Waals surface area contributed by atoms with Crippen LogP contribution < -0.4 is 5.32 Å². The van der Waals surface area contributed by atoms with Gasteiger partial charge in [-0.15, -0.1) is 10.2 Å². The van der Waals surface area contributed by atoms with Crippen molar-refractivity contribution in [3.8, 4) is 11.4 Å². The summed E-state index contributed by atoms with van der Waals surface area (Å²) < 4.78 is 7.53. The lowest BCUT2D eigenvalue weighted by atomic mass is 9.97. The Morgan fingerprint density at radius 3 is 3.00 bits per heavy atom. The second kappa shape index (κ2) is 8.83. The number of carbonyl (C=O) groups is 1. The number of rotatable bonds is 6. The van der Waals surface area contributed by atoms with Crippen molar-refractivity contribution in [1.29, 1.82) is 0 Å². The van der Waals surface area contributed by atoms with E-state index < -0.39 is 0 Å². The number of amides is 1. The summed E-state index contributed by atoms with van der Waals surface area (Å²) in [6, 6.07) is 15.7. The first-order valence-corrected chi connectivity index (χ1v) is 11.0. The number of nitrogens with zero attached hydrogens (tertiary/aromatic N) is 5. The molecule has 3 aromatic heterocycles. The standard InChI is InChI=1S/C22H20N6O2S/c29-20(24-13-18-17-6-2-1-4-15(17)9-11-30-18)14-31-21-8-7-19-25-26-22(28(19)27-21)16-5-3-10-23-12-16/h1-8,10,12,18H,9,11,13-14H2,(H,24,29). The van der Waals surface area contributed by atoms with E-state index in [2.05, 4.69) is 37.7 Å². The Balaban J connectivity index is 1.22. The van der Waals surface area contributed by atoms with Gasteiger partial charge < -0.3 is 10.1 Å². The molecule has 1 atom stereocenters. The smallest absolute Gasteiger partial charge is 0.230 e. The molecule has 0 saturated carbocycles. The molecule has 1 amide bonds. The number of nitrogens with one attached hydrogen (secondary N) is 1. The predicted molar refractivity (Wildman–Crippen MR) is 117 cm³/mol. The van der Waals surface area contributed by atoms with Crippen LogP contribution in [0.4, 0.5) is 0 Å². The summed E-state index contributed by atoms with van der Waals surface area (Å²) in [5.41, 5.74) is 3.92. The summed E-state index contributed by atoms with van der Waals surface area (Å²) in [5, 5.41) is 16.6. The minimum absolute atomic E-state index is 0.0604. The molecule has 8 nitrogen and oxygen atoms in total. The van der Waals surface area contributed by atoms with Gasteiger partial charge in [0.05, 0.1) is 12.4 Å². The molecule has 0 aliphatic carbocycles. The van der Waals surface area contributed by atoms with Gasteiger partial charge in [-0.05, 0) is 41.8 Å². The van der Waals surface area contributed by atoms with Crippen molar-refractivity contribution in [2.45, 2.75) is 17.6 Å². The Kier molecular flexibility index (Phi) is 5.59. The van der Waals surface area contributed by atoms with Crippen LogP contribution in [0.15, 0.2) is 66.0 Å². The van der Waals surface area contributed by atoms with Crippen LogP contribution in [-0.4, -0.2) is 49.6 Å². The Labute approximate surface area is 183 Å². The third kappa shape index (κ3) is 4.28. The molecule has 156 valence electrons. The fourth-order valence-electron chi connectivity index (χ4n) is 3.57. The van der Waals surface area contributed by atoms with Gasteiger partial charge in [-0.1, -0.05) is 36.0 Å². The predicted octanol–water partition coefficient (Wildman–Crippen LogP) is 2.71. The maximum absolute atomic E-state index is 12.4. The highest BCUT2D eigenvalue weighted by molar-refractivity contribution is 7.99. The van der Waals surface area contributed by atoms with Crippen molar-refractivity contribution in [3.05, 3.63) is 72.1 Å². The topological polar surface area (TPSA) is 94.3 Å². The van der Waals surface area contributed by atoms with Gasteiger partial charge in [-0.3, -0.25) is 9.78 Å². The molecule has 5 rings (SSSR count). The van der Waals surface area contributed by atoms with Crippen LogP contribution in [0.2, 0.25) is 0 Å². The monoisotopic (exact) mass is 432 g/mol. The highest BCUT2D eigenvalue weighted by atomic mass is 32.2. The Morgan fingerprint density at radius 1 is 1.16 bits per heavy atom. The largest absolute Gasteiger partial charge is 0.371 e. The fourth-order valence-corrected chi connectivity index (χ4v) is 4.25. The second-order valence-electron chi connectivity index (χ2n) is 7.11. The van der Waals surface area contributed by atoms with Crippen LogP contribution in [0, 0.1) is 0 Å². The van der Waals surface area contributed by atoms with Crippen LogP contribution in [0.1, 0.15) is 17.2 Å². The number of pyridine rings is 1. The number of hydrogen-bond acceptors (Lipinski definition) is 7. The highest BCUT2D eigenvalue weighted by Crippen LogP contribution is 2.26. The summed E-state index contributed by atoms with van der Waals surface area (Å²) in [4.78, 5) is 16.5. The molecule has 0 saturated heterocycles. The zero-order chi connectivity index (χ0) is 21.0. The van der Waals surface area contributed by atoms with Gasteiger partial charge in [0.15, 0.2) is 11.5 Å². The summed E-state index contributed by atoms with van der Waals surface area (Å²) in [6.07, 6.45) is 4.23. The summed E-state index contributed by atoms with van der Waals surface area (Å²) in [5.74, 6) is 0.815. The molecule has 4 heterocycles. The summed E-state index contributed by atoms with van der Waals surface area (Å²) in [6.45, 7) is 1.13. The van der Waals surface area contributed by atoms with E-state index in [9.17, 15) is 4.79 Å². The molecule has 1 aliphatic heterocycles. The first kappa shape index (κ1) is 19.7. The van der Waals surface area contributed by atoms with E-state index in [-0.39, 0.29) is 17.8 Å². The number of thioether (sulfide) groups is 1. The molecule has 1 unspecified atom stereocenters. The average Bonchev–Trinajstić information content (AvgIpc) is 3.25. The quantitative estimate of drug-likeness (QED) is 0.468. The normalized spacial score (nSPS) is 15.5. The maximum atomic E-state index is 12.4. The van der Waals surface area contributed by atoms with Gasteiger partial charge in [0.2, 0.25) is 5.91 Å². The first-order valence-electron chi connectivity index (χ1n) is 10.00. The Morgan fingerprint density at radius 2 is 2.10 bits per heavy atom. The van der Waals surface area contributed by atoms with Crippen molar-refractivity contribution < 1.29 is 9.53 Å². The molecule has 0 fully saturated rings. The molecule has 4 aromatic rings. The first-order chi connectivity index (χ1) is 15.3. The van der Waals surface area contributed by atoms with Gasteiger partial charge in [-0.25, -0.2) is 0 Å². The number of benzene rings is 1. The number of fused-ring (bicyclic) bond motifs is 2. The SMILES string of the molecule is O=C(CSc1ccc2nnc(-c3cccnc3)n2n1)NCC1OCCc2ccccc21. The molecule has 0 radical (unpaired) electrons. The van der Waals surface area contributed by atoms with Crippen LogP contribution in [0.3, 0.4) is 0 Å². The highest BCUT2D eigenvalue weighted by Gasteiger charge is 2.21. The van der Waals surface area contributed by atoms with Gasteiger partial charge in [0.25, 0.3) is 0 Å². The lowest BCUT2D eigenvalue weighted by molar-refractivity contribution is -0.119. The van der Waals surface area contributed by atoms with E-state index in [0.717, 1.165) is 17.5 Å². The third-order valence-electron chi connectivity index (χ3n) is 5.09. The van der Waals surface area contributed by atoms with E-state index in [4.69, 9.17) is 4.74 Å². The fraction of sp³-hybridized carbons (Fsp3) is 0.227. The minimum atomic E-state index is -0.104. The Bertz CT molecular complexity index is 1210. The van der Waals surface area contributed by atoms with Gasteiger partial charge in [0.1, 0.15) is 11.1 Å². The van der Waals surface area contributed by atoms with Crippen molar-refractivity contribution in [2.75, 3.05) is 18.9 Å². The van der Waals surface area contributed by atoms with Crippen LogP contribution in [0.25, 0.3) is 17.0 Å². The summed E-state index contributed by atoms with van der Waals surface area (Å²) in [7, 11) is 0. The van der Waals surface area contributed by atoms with E-state index >= 15 is 0 Å². The summed E-state index contributed by atoms with van der Waals surface area (Å²) >= 11 is 1.37. The zero-order valence-corrected chi connectivity index (χ0v) is 17.5. The molecular formula is C22H20N6O2S. The van der Waals surface area contributed by atoms with E-state index in [1.54, 1.807) is 16.9 Å². The maximum Gasteiger partial charge on any atom is 0.230 e. The van der Waals surface area contributed by atoms with E-state index in [1.165, 1.54) is 17.3 Å². The molecule has 31 heavy (non-hydrogen) atoms. The van der Waals surface area contributed by atoms with Crippen molar-refractivity contribution >= 4 is 23.3 Å². The molecule has 0 bridgehead atoms. The van der Waals surface area contributed by atoms with Gasteiger partial charge in [-0.2, -0.15) is 9.61 Å². The van der Waals surface area contributed by atoms with Crippen molar-refractivity contribution in [2.24, 2.45) is 0 Å². The number of hydrogen-bond donors (Lipinski definition) is 1. The lowest BCUT2D eigenvalue weighted by Crippen LogP contribution is -2.32. The van der Waals surface area contributed by atoms with Crippen LogP contribution in [-0.2, 0) is 16.0 Å². The average molecular weight is 433 g/mol. The molecule has 0 spiro atoms. The number of ether oxygens (including phenoxy) is 1. The van der Waals surface area contributed by atoms with Gasteiger partial charge in [0, 0.05) is 24.5 Å². The zero-order valence-electron chi connectivity index (χ0n) is 16.6. The molecule has 1 aromatic carbocycles. The minimum Gasteiger partial charge on any atom is -0.371 e. The van der Waals surface area contributed by atoms with E-state index in [0.29, 0.717) is 29.6 Å². The second-order valence-corrected chi connectivity index (χ2v) is 8.10. The van der Waals surface area contributed by atoms with Crippen LogP contribution in [0.5, 0.6) is 0 Å². The molecular weight excluding hydrogens is 412 g/mol. The third-order valence-corrected chi connectivity index (χ3v) is 6.01. The lowest BCUT2D eigenvalue weighted by Gasteiger charge is -2.26. The number of aromatic nitrogens is 5. The molecule has 1 aliphatic rings. The van der Waals surface area contributed by atoms with E-state index in [1.807, 2.05) is 36.4 Å².